The van der Waals surface area contributed by atoms with Gasteiger partial charge in [-0.1, -0.05) is 18.6 Å². The number of hydrogen-bond donors (Lipinski definition) is 0. The van der Waals surface area contributed by atoms with E-state index in [9.17, 15) is 19.7 Å². The number of nitrogens with zero attached hydrogens (tertiary/aromatic N) is 1. The molecule has 1 aliphatic carbocycles. The Morgan fingerprint density at radius 3 is 2.26 bits per heavy atom. The largest absolute Gasteiger partial charge is 0.419 e. The van der Waals surface area contributed by atoms with Crippen LogP contribution in [0.4, 0.5) is 5.69 Å². The van der Waals surface area contributed by atoms with Crippen LogP contribution in [0, 0.1) is 10.1 Å². The number of nitro groups is 1. The number of nitro benzene ring substituents is 1. The van der Waals surface area contributed by atoms with Crippen LogP contribution in [0.2, 0.25) is 0 Å². The lowest BCUT2D eigenvalue weighted by molar-refractivity contribution is -0.385. The highest BCUT2D eigenvalue weighted by molar-refractivity contribution is 6.19. The third kappa shape index (κ3) is 2.94. The predicted molar refractivity (Wildman–Crippen MR) is 79.1 cm³/mol. The van der Waals surface area contributed by atoms with Crippen molar-refractivity contribution in [2.45, 2.75) is 37.9 Å². The van der Waals surface area contributed by atoms with Crippen molar-refractivity contribution in [3.05, 3.63) is 45.5 Å². The molecule has 2 fully saturated rings. The summed E-state index contributed by atoms with van der Waals surface area (Å²) in [4.78, 5) is 34.8. The van der Waals surface area contributed by atoms with Crippen molar-refractivity contribution in [1.82, 2.24) is 0 Å². The van der Waals surface area contributed by atoms with E-state index in [1.165, 1.54) is 18.2 Å². The SMILES string of the molecule is O=C1OC2(CCCCC2)OC(=O)C1=Cc1ccccc1[N+](=O)[O-]. The van der Waals surface area contributed by atoms with Gasteiger partial charge in [0.2, 0.25) is 0 Å². The molecule has 120 valence electrons. The first-order valence-electron chi connectivity index (χ1n) is 7.43. The topological polar surface area (TPSA) is 95.7 Å². The summed E-state index contributed by atoms with van der Waals surface area (Å²) in [7, 11) is 0. The number of ether oxygens (including phenoxy) is 2. The lowest BCUT2D eigenvalue weighted by Gasteiger charge is -2.38. The van der Waals surface area contributed by atoms with Gasteiger partial charge in [0.05, 0.1) is 10.5 Å². The zero-order chi connectivity index (χ0) is 16.4. The predicted octanol–water partition coefficient (Wildman–Crippen LogP) is 2.74. The molecule has 1 aromatic rings. The number of hydrogen-bond acceptors (Lipinski definition) is 6. The number of para-hydroxylation sites is 1. The molecule has 3 rings (SSSR count). The van der Waals surface area contributed by atoms with Crippen LogP contribution < -0.4 is 0 Å². The number of rotatable bonds is 2. The van der Waals surface area contributed by atoms with E-state index in [4.69, 9.17) is 9.47 Å². The smallest absolute Gasteiger partial charge is 0.348 e. The summed E-state index contributed by atoms with van der Waals surface area (Å²) in [6, 6.07) is 5.85. The average molecular weight is 317 g/mol. The highest BCUT2D eigenvalue weighted by Gasteiger charge is 2.46. The Balaban J connectivity index is 1.91. The fourth-order valence-corrected chi connectivity index (χ4v) is 2.90. The molecule has 1 aromatic carbocycles. The average Bonchev–Trinajstić information content (AvgIpc) is 2.52. The van der Waals surface area contributed by atoms with Crippen molar-refractivity contribution in [3.8, 4) is 0 Å². The van der Waals surface area contributed by atoms with Gasteiger partial charge in [0.15, 0.2) is 0 Å². The molecule has 23 heavy (non-hydrogen) atoms. The van der Waals surface area contributed by atoms with E-state index >= 15 is 0 Å². The van der Waals surface area contributed by atoms with Crippen LogP contribution in [0.15, 0.2) is 29.8 Å². The molecule has 0 bridgehead atoms. The minimum absolute atomic E-state index is 0.154. The minimum Gasteiger partial charge on any atom is -0.419 e. The molecule has 1 aliphatic heterocycles. The van der Waals surface area contributed by atoms with Crippen molar-refractivity contribution in [2.75, 3.05) is 0 Å². The van der Waals surface area contributed by atoms with Crippen LogP contribution in [0.1, 0.15) is 37.7 Å². The molecule has 0 radical (unpaired) electrons. The third-order valence-corrected chi connectivity index (χ3v) is 4.05. The maximum atomic E-state index is 12.2. The monoisotopic (exact) mass is 317 g/mol. The van der Waals surface area contributed by atoms with E-state index in [-0.39, 0.29) is 16.8 Å². The van der Waals surface area contributed by atoms with Crippen LogP contribution in [-0.4, -0.2) is 22.6 Å². The highest BCUT2D eigenvalue weighted by atomic mass is 16.7. The Kier molecular flexibility index (Phi) is 3.85. The van der Waals surface area contributed by atoms with Gasteiger partial charge in [-0.05, 0) is 25.0 Å². The quantitative estimate of drug-likeness (QED) is 0.273. The van der Waals surface area contributed by atoms with Crippen molar-refractivity contribution < 1.29 is 24.0 Å². The van der Waals surface area contributed by atoms with Crippen LogP contribution in [0.25, 0.3) is 6.08 Å². The first-order chi connectivity index (χ1) is 11.0. The summed E-state index contributed by atoms with van der Waals surface area (Å²) in [5.41, 5.74) is -0.366. The second-order valence-corrected chi connectivity index (χ2v) is 5.62. The zero-order valence-electron chi connectivity index (χ0n) is 12.3. The van der Waals surface area contributed by atoms with Gasteiger partial charge < -0.3 is 9.47 Å². The minimum atomic E-state index is -1.16. The Morgan fingerprint density at radius 2 is 1.65 bits per heavy atom. The highest BCUT2D eigenvalue weighted by Crippen LogP contribution is 2.37. The summed E-state index contributed by atoms with van der Waals surface area (Å²) < 4.78 is 10.7. The number of benzene rings is 1. The van der Waals surface area contributed by atoms with E-state index in [0.29, 0.717) is 12.8 Å². The third-order valence-electron chi connectivity index (χ3n) is 4.05. The van der Waals surface area contributed by atoms with Crippen molar-refractivity contribution in [2.24, 2.45) is 0 Å². The fourth-order valence-electron chi connectivity index (χ4n) is 2.90. The first kappa shape index (κ1) is 15.2. The molecule has 1 spiro atoms. The first-order valence-corrected chi connectivity index (χ1v) is 7.43. The molecule has 1 heterocycles. The summed E-state index contributed by atoms with van der Waals surface area (Å²) in [5.74, 6) is -2.74. The molecule has 0 N–H and O–H groups in total. The van der Waals surface area contributed by atoms with Gasteiger partial charge >= 0.3 is 11.9 Å². The summed E-state index contributed by atoms with van der Waals surface area (Å²) in [6.07, 6.45) is 4.79. The van der Waals surface area contributed by atoms with Gasteiger partial charge in [0.1, 0.15) is 5.57 Å². The van der Waals surface area contributed by atoms with Crippen LogP contribution >= 0.6 is 0 Å². The van der Waals surface area contributed by atoms with Crippen molar-refractivity contribution in [1.29, 1.82) is 0 Å². The van der Waals surface area contributed by atoms with E-state index in [0.717, 1.165) is 25.3 Å². The molecule has 7 heteroatoms. The Morgan fingerprint density at radius 1 is 1.04 bits per heavy atom. The molecular weight excluding hydrogens is 302 g/mol. The van der Waals surface area contributed by atoms with Crippen LogP contribution in [0.5, 0.6) is 0 Å². The zero-order valence-corrected chi connectivity index (χ0v) is 12.3. The van der Waals surface area contributed by atoms with Crippen LogP contribution in [-0.2, 0) is 19.1 Å². The molecule has 0 amide bonds. The number of carbonyl (C=O) groups excluding carboxylic acids is 2. The number of esters is 2. The maximum Gasteiger partial charge on any atom is 0.348 e. The molecule has 1 saturated heterocycles. The summed E-state index contributed by atoms with van der Waals surface area (Å²) in [6.45, 7) is 0. The van der Waals surface area contributed by atoms with Gasteiger partial charge in [-0.25, -0.2) is 9.59 Å². The van der Waals surface area contributed by atoms with Crippen molar-refractivity contribution in [3.63, 3.8) is 0 Å². The lowest BCUT2D eigenvalue weighted by Crippen LogP contribution is -2.47. The second kappa shape index (κ2) is 5.83. The molecule has 0 aromatic heterocycles. The molecule has 0 unspecified atom stereocenters. The normalized spacial score (nSPS) is 19.9. The van der Waals surface area contributed by atoms with E-state index in [1.807, 2.05) is 0 Å². The van der Waals surface area contributed by atoms with Gasteiger partial charge in [-0.3, -0.25) is 10.1 Å². The Labute approximate surface area is 132 Å². The maximum absolute atomic E-state index is 12.2. The Bertz CT molecular complexity index is 680. The molecule has 7 nitrogen and oxygen atoms in total. The van der Waals surface area contributed by atoms with E-state index in [2.05, 4.69) is 0 Å². The van der Waals surface area contributed by atoms with Gasteiger partial charge in [-0.15, -0.1) is 0 Å². The standard InChI is InChI=1S/C16H15NO6/c18-14-12(10-11-6-2-3-7-13(11)17(20)21)15(19)23-16(22-14)8-4-1-5-9-16/h2-3,6-7,10H,1,4-5,8-9H2. The molecule has 1 saturated carbocycles. The summed E-state index contributed by atoms with van der Waals surface area (Å²) >= 11 is 0. The van der Waals surface area contributed by atoms with Gasteiger partial charge in [0, 0.05) is 18.9 Å². The van der Waals surface area contributed by atoms with Gasteiger partial charge in [0.25, 0.3) is 11.5 Å². The summed E-state index contributed by atoms with van der Waals surface area (Å²) in [5, 5.41) is 11.0. The molecule has 2 aliphatic rings. The Hall–Kier alpha value is -2.70. The van der Waals surface area contributed by atoms with Crippen LogP contribution in [0.3, 0.4) is 0 Å². The van der Waals surface area contributed by atoms with Crippen molar-refractivity contribution >= 4 is 23.7 Å². The fraction of sp³-hybridized carbons (Fsp3) is 0.375. The lowest BCUT2D eigenvalue weighted by atomic mass is 9.93. The van der Waals surface area contributed by atoms with Gasteiger partial charge in [-0.2, -0.15) is 0 Å². The molecular formula is C16H15NO6. The number of carbonyl (C=O) groups is 2. The van der Waals surface area contributed by atoms with E-state index in [1.54, 1.807) is 6.07 Å². The van der Waals surface area contributed by atoms with E-state index < -0.39 is 22.6 Å². The second-order valence-electron chi connectivity index (χ2n) is 5.62. The molecule has 0 atom stereocenters.